The van der Waals surface area contributed by atoms with E-state index >= 15 is 0 Å². The van der Waals surface area contributed by atoms with E-state index in [1.807, 2.05) is 4.90 Å². The van der Waals surface area contributed by atoms with Crippen molar-refractivity contribution in [2.45, 2.75) is 6.92 Å². The molecule has 1 fully saturated rings. The van der Waals surface area contributed by atoms with Crippen molar-refractivity contribution >= 4 is 11.8 Å². The van der Waals surface area contributed by atoms with Crippen molar-refractivity contribution < 1.29 is 14.3 Å². The highest BCUT2D eigenvalue weighted by atomic mass is 16.5. The molecule has 124 valence electrons. The zero-order chi connectivity index (χ0) is 16.9. The fourth-order valence-electron chi connectivity index (χ4n) is 2.42. The molecular formula is C16H17N5O3. The summed E-state index contributed by atoms with van der Waals surface area (Å²) in [4.78, 5) is 15.1. The molecule has 1 aliphatic rings. The van der Waals surface area contributed by atoms with Gasteiger partial charge in [0, 0.05) is 13.1 Å². The average molecular weight is 327 g/mol. The van der Waals surface area contributed by atoms with Crippen LogP contribution in [0.1, 0.15) is 23.0 Å². The lowest BCUT2D eigenvalue weighted by atomic mass is 10.2. The molecule has 8 nitrogen and oxygen atoms in total. The highest BCUT2D eigenvalue weighted by Gasteiger charge is 2.20. The van der Waals surface area contributed by atoms with Gasteiger partial charge in [-0.25, -0.2) is 4.79 Å². The summed E-state index contributed by atoms with van der Waals surface area (Å²) in [5.74, 6) is 0.180. The van der Waals surface area contributed by atoms with E-state index in [2.05, 4.69) is 16.3 Å². The highest BCUT2D eigenvalue weighted by Crippen LogP contribution is 2.19. The Morgan fingerprint density at radius 2 is 2.00 bits per heavy atom. The summed E-state index contributed by atoms with van der Waals surface area (Å²) in [5, 5.41) is 18.0. The molecule has 2 heterocycles. The molecule has 0 saturated carbocycles. The third-order valence-corrected chi connectivity index (χ3v) is 3.62. The number of esters is 1. The van der Waals surface area contributed by atoms with E-state index < -0.39 is 0 Å². The third-order valence-electron chi connectivity index (χ3n) is 3.62. The number of carbonyl (C=O) groups excluding carboxylic acids is 1. The van der Waals surface area contributed by atoms with Crippen LogP contribution >= 0.6 is 0 Å². The summed E-state index contributed by atoms with van der Waals surface area (Å²) in [7, 11) is 0. The maximum atomic E-state index is 11.7. The van der Waals surface area contributed by atoms with Crippen LogP contribution in [0.2, 0.25) is 0 Å². The van der Waals surface area contributed by atoms with Crippen LogP contribution in [-0.2, 0) is 9.47 Å². The summed E-state index contributed by atoms with van der Waals surface area (Å²) < 4.78 is 10.3. The number of hydrogen-bond acceptors (Lipinski definition) is 7. The molecule has 0 N–H and O–H groups in total. The number of anilines is 1. The highest BCUT2D eigenvalue weighted by molar-refractivity contribution is 5.89. The molecule has 1 aromatic carbocycles. The predicted molar refractivity (Wildman–Crippen MR) is 85.1 cm³/mol. The second-order valence-electron chi connectivity index (χ2n) is 5.14. The van der Waals surface area contributed by atoms with Crippen LogP contribution in [-0.4, -0.2) is 53.9 Å². The van der Waals surface area contributed by atoms with Crippen LogP contribution in [0, 0.1) is 11.3 Å². The quantitative estimate of drug-likeness (QED) is 0.778. The van der Waals surface area contributed by atoms with E-state index in [0.717, 1.165) is 0 Å². The Labute approximate surface area is 139 Å². The minimum absolute atomic E-state index is 0.270. The molecule has 8 heteroatoms. The number of benzene rings is 1. The topological polar surface area (TPSA) is 93.3 Å². The molecule has 24 heavy (non-hydrogen) atoms. The van der Waals surface area contributed by atoms with Gasteiger partial charge in [0.2, 0.25) is 5.69 Å². The van der Waals surface area contributed by atoms with Crippen molar-refractivity contribution in [1.29, 1.82) is 5.26 Å². The largest absolute Gasteiger partial charge is 0.462 e. The summed E-state index contributed by atoms with van der Waals surface area (Å²) in [6.45, 7) is 4.65. The lowest BCUT2D eigenvalue weighted by Crippen LogP contribution is -2.37. The van der Waals surface area contributed by atoms with Crippen molar-refractivity contribution in [3.63, 3.8) is 0 Å². The van der Waals surface area contributed by atoms with Crippen LogP contribution in [0.3, 0.4) is 0 Å². The molecule has 3 rings (SSSR count). The van der Waals surface area contributed by atoms with E-state index in [9.17, 15) is 10.1 Å². The maximum Gasteiger partial charge on any atom is 0.338 e. The number of nitrogens with zero attached hydrogens (tertiary/aromatic N) is 5. The maximum absolute atomic E-state index is 11.7. The van der Waals surface area contributed by atoms with Gasteiger partial charge in [-0.2, -0.15) is 5.26 Å². The van der Waals surface area contributed by atoms with Gasteiger partial charge in [0.1, 0.15) is 6.07 Å². The summed E-state index contributed by atoms with van der Waals surface area (Å²) >= 11 is 0. The van der Waals surface area contributed by atoms with Crippen LogP contribution < -0.4 is 4.90 Å². The van der Waals surface area contributed by atoms with Gasteiger partial charge in [0.25, 0.3) is 0 Å². The average Bonchev–Trinajstić information content (AvgIpc) is 3.07. The van der Waals surface area contributed by atoms with Gasteiger partial charge in [0.05, 0.1) is 31.1 Å². The lowest BCUT2D eigenvalue weighted by Gasteiger charge is -2.26. The molecule has 0 amide bonds. The predicted octanol–water partition coefficient (Wildman–Crippen LogP) is 1.15. The van der Waals surface area contributed by atoms with Crippen molar-refractivity contribution in [3.05, 3.63) is 35.5 Å². The Hall–Kier alpha value is -2.92. The van der Waals surface area contributed by atoms with Gasteiger partial charge < -0.3 is 14.4 Å². The van der Waals surface area contributed by atoms with Gasteiger partial charge >= 0.3 is 5.97 Å². The molecule has 0 aliphatic carbocycles. The van der Waals surface area contributed by atoms with E-state index in [1.165, 1.54) is 4.80 Å². The van der Waals surface area contributed by atoms with Crippen molar-refractivity contribution in [1.82, 2.24) is 15.0 Å². The van der Waals surface area contributed by atoms with Crippen LogP contribution in [0.4, 0.5) is 5.82 Å². The number of hydrogen-bond donors (Lipinski definition) is 0. The number of morpholine rings is 1. The molecular weight excluding hydrogens is 310 g/mol. The van der Waals surface area contributed by atoms with Crippen LogP contribution in [0.5, 0.6) is 0 Å². The fourth-order valence-corrected chi connectivity index (χ4v) is 2.42. The number of nitriles is 1. The van der Waals surface area contributed by atoms with Crippen molar-refractivity contribution in [3.8, 4) is 11.8 Å². The second-order valence-corrected chi connectivity index (χ2v) is 5.14. The molecule has 1 aromatic heterocycles. The van der Waals surface area contributed by atoms with Gasteiger partial charge in [-0.1, -0.05) is 0 Å². The fraction of sp³-hybridized carbons (Fsp3) is 0.375. The lowest BCUT2D eigenvalue weighted by molar-refractivity contribution is 0.0526. The number of ether oxygens (including phenoxy) is 2. The zero-order valence-corrected chi connectivity index (χ0v) is 13.3. The van der Waals surface area contributed by atoms with E-state index in [1.54, 1.807) is 31.2 Å². The Morgan fingerprint density at radius 1 is 1.29 bits per heavy atom. The van der Waals surface area contributed by atoms with E-state index in [-0.39, 0.29) is 11.7 Å². The Morgan fingerprint density at radius 3 is 2.62 bits per heavy atom. The van der Waals surface area contributed by atoms with Crippen molar-refractivity contribution in [2.75, 3.05) is 37.8 Å². The first-order chi connectivity index (χ1) is 11.7. The molecule has 0 atom stereocenters. The molecule has 1 aliphatic heterocycles. The first kappa shape index (κ1) is 16.0. The standard InChI is InChI=1S/C16H17N5O3/c1-2-24-16(22)12-3-5-13(6-4-12)21-18-14(11-17)15(19-21)20-7-9-23-10-8-20/h3-6H,2,7-10H2,1H3. The molecule has 1 saturated heterocycles. The summed E-state index contributed by atoms with van der Waals surface area (Å²) in [6.07, 6.45) is 0. The summed E-state index contributed by atoms with van der Waals surface area (Å²) in [6, 6.07) is 8.82. The van der Waals surface area contributed by atoms with Gasteiger partial charge in [-0.3, -0.25) is 0 Å². The summed E-state index contributed by atoms with van der Waals surface area (Å²) in [5.41, 5.74) is 1.40. The van der Waals surface area contributed by atoms with Gasteiger partial charge in [0.15, 0.2) is 5.82 Å². The molecule has 0 radical (unpaired) electrons. The molecule has 0 unspecified atom stereocenters. The second kappa shape index (κ2) is 7.10. The van der Waals surface area contributed by atoms with E-state index in [4.69, 9.17) is 9.47 Å². The minimum atomic E-state index is -0.371. The first-order valence-corrected chi connectivity index (χ1v) is 7.70. The number of carbonyl (C=O) groups is 1. The Kier molecular flexibility index (Phi) is 4.72. The molecule has 0 spiro atoms. The van der Waals surface area contributed by atoms with Gasteiger partial charge in [-0.15, -0.1) is 15.0 Å². The van der Waals surface area contributed by atoms with E-state index in [0.29, 0.717) is 50.0 Å². The third kappa shape index (κ3) is 3.21. The first-order valence-electron chi connectivity index (χ1n) is 7.70. The van der Waals surface area contributed by atoms with Crippen molar-refractivity contribution in [2.24, 2.45) is 0 Å². The molecule has 2 aromatic rings. The molecule has 0 bridgehead atoms. The number of aromatic nitrogens is 3. The number of rotatable bonds is 4. The minimum Gasteiger partial charge on any atom is -0.462 e. The monoisotopic (exact) mass is 327 g/mol. The van der Waals surface area contributed by atoms with Crippen LogP contribution in [0.15, 0.2) is 24.3 Å². The normalized spacial score (nSPS) is 14.2. The zero-order valence-electron chi connectivity index (χ0n) is 13.3. The Bertz CT molecular complexity index is 757. The smallest absolute Gasteiger partial charge is 0.338 e. The SMILES string of the molecule is CCOC(=O)c1ccc(-n2nc(C#N)c(N3CCOCC3)n2)cc1. The van der Waals surface area contributed by atoms with Gasteiger partial charge in [-0.05, 0) is 31.2 Å². The van der Waals surface area contributed by atoms with Crippen LogP contribution in [0.25, 0.3) is 5.69 Å². The Balaban J connectivity index is 1.85.